The molecule has 6 heteroatoms. The number of phenolic OH excluding ortho intramolecular Hbond substituents is 1. The number of aromatic hydroxyl groups is 1. The van der Waals surface area contributed by atoms with Gasteiger partial charge in [0.2, 0.25) is 0 Å². The van der Waals surface area contributed by atoms with Crippen LogP contribution in [0.1, 0.15) is 18.5 Å². The Morgan fingerprint density at radius 3 is 2.57 bits per heavy atom. The smallest absolute Gasteiger partial charge is 0.387 e. The second-order valence-electron chi connectivity index (χ2n) is 4.48. The molecule has 2 N–H and O–H groups in total. The van der Waals surface area contributed by atoms with E-state index >= 15 is 0 Å². The lowest BCUT2D eigenvalue weighted by molar-refractivity contribution is -0.0498. The van der Waals surface area contributed by atoms with Crippen molar-refractivity contribution in [3.05, 3.63) is 53.8 Å². The van der Waals surface area contributed by atoms with Gasteiger partial charge in [-0.1, -0.05) is 12.1 Å². The molecule has 0 aliphatic rings. The molecule has 0 aliphatic heterocycles. The van der Waals surface area contributed by atoms with Gasteiger partial charge in [-0.15, -0.1) is 0 Å². The molecule has 0 spiro atoms. The molecule has 0 fully saturated rings. The van der Waals surface area contributed by atoms with E-state index in [0.29, 0.717) is 11.3 Å². The molecule has 0 heterocycles. The predicted octanol–water partition coefficient (Wildman–Crippen LogP) is 4.31. The van der Waals surface area contributed by atoms with Crippen molar-refractivity contribution in [3.63, 3.8) is 0 Å². The Balaban J connectivity index is 2.12. The molecule has 0 saturated heterocycles. The van der Waals surface area contributed by atoms with Crippen LogP contribution >= 0.6 is 0 Å². The molecule has 2 aromatic rings. The number of anilines is 1. The van der Waals surface area contributed by atoms with Crippen LogP contribution in [0.25, 0.3) is 0 Å². The highest BCUT2D eigenvalue weighted by atomic mass is 19.3. The summed E-state index contributed by atoms with van der Waals surface area (Å²) in [5.41, 5.74) is 1.18. The number of ether oxygens (including phenoxy) is 1. The van der Waals surface area contributed by atoms with Crippen LogP contribution in [0.5, 0.6) is 11.5 Å². The number of hydrogen-bond acceptors (Lipinski definition) is 3. The monoisotopic (exact) mass is 297 g/mol. The fourth-order valence-electron chi connectivity index (χ4n) is 1.89. The molecule has 0 amide bonds. The van der Waals surface area contributed by atoms with E-state index in [4.69, 9.17) is 5.11 Å². The van der Waals surface area contributed by atoms with Gasteiger partial charge in [-0.05, 0) is 36.8 Å². The Morgan fingerprint density at radius 2 is 1.90 bits per heavy atom. The lowest BCUT2D eigenvalue weighted by Gasteiger charge is -2.17. The van der Waals surface area contributed by atoms with Gasteiger partial charge >= 0.3 is 6.61 Å². The first kappa shape index (κ1) is 15.0. The molecule has 0 aliphatic carbocycles. The highest BCUT2D eigenvalue weighted by Crippen LogP contribution is 2.26. The van der Waals surface area contributed by atoms with E-state index in [2.05, 4.69) is 10.1 Å². The lowest BCUT2D eigenvalue weighted by atomic mass is 10.1. The fraction of sp³-hybridized carbons (Fsp3) is 0.200. The average Bonchev–Trinajstić information content (AvgIpc) is 2.42. The van der Waals surface area contributed by atoms with Gasteiger partial charge in [0, 0.05) is 17.8 Å². The van der Waals surface area contributed by atoms with Crippen molar-refractivity contribution in [1.82, 2.24) is 0 Å². The minimum atomic E-state index is -2.88. The first-order chi connectivity index (χ1) is 9.95. The van der Waals surface area contributed by atoms with Crippen LogP contribution < -0.4 is 10.1 Å². The van der Waals surface area contributed by atoms with Gasteiger partial charge in [0.05, 0.1) is 0 Å². The zero-order valence-corrected chi connectivity index (χ0v) is 11.2. The number of nitrogens with one attached hydrogen (secondary N) is 1. The molecule has 0 bridgehead atoms. The molecular weight excluding hydrogens is 283 g/mol. The number of hydrogen-bond donors (Lipinski definition) is 2. The van der Waals surface area contributed by atoms with E-state index in [-0.39, 0.29) is 11.8 Å². The van der Waals surface area contributed by atoms with Crippen LogP contribution in [0.3, 0.4) is 0 Å². The van der Waals surface area contributed by atoms with Gasteiger partial charge in [-0.3, -0.25) is 0 Å². The summed E-state index contributed by atoms with van der Waals surface area (Å²) in [7, 11) is 0. The van der Waals surface area contributed by atoms with Gasteiger partial charge in [0.1, 0.15) is 5.75 Å². The Labute approximate surface area is 120 Å². The quantitative estimate of drug-likeness (QED) is 0.808. The van der Waals surface area contributed by atoms with Gasteiger partial charge in [0.15, 0.2) is 11.6 Å². The second kappa shape index (κ2) is 6.39. The highest BCUT2D eigenvalue weighted by molar-refractivity contribution is 5.49. The minimum absolute atomic E-state index is 0.0630. The van der Waals surface area contributed by atoms with Crippen LogP contribution in [0, 0.1) is 5.82 Å². The van der Waals surface area contributed by atoms with E-state index < -0.39 is 18.2 Å². The SMILES string of the molecule is CC(Nc1ccc(O)c(F)c1)c1cccc(OC(F)F)c1. The molecule has 0 radical (unpaired) electrons. The maximum Gasteiger partial charge on any atom is 0.387 e. The number of rotatable bonds is 5. The maximum atomic E-state index is 13.2. The Kier molecular flexibility index (Phi) is 4.57. The summed E-state index contributed by atoms with van der Waals surface area (Å²) < 4.78 is 41.9. The van der Waals surface area contributed by atoms with Crippen LogP contribution in [-0.4, -0.2) is 11.7 Å². The second-order valence-corrected chi connectivity index (χ2v) is 4.48. The molecule has 2 rings (SSSR count). The number of alkyl halides is 2. The van der Waals surface area contributed by atoms with Crippen molar-refractivity contribution in [3.8, 4) is 11.5 Å². The molecule has 112 valence electrons. The van der Waals surface area contributed by atoms with Gasteiger partial charge in [-0.2, -0.15) is 8.78 Å². The van der Waals surface area contributed by atoms with Gasteiger partial charge in [0.25, 0.3) is 0 Å². The third-order valence-corrected chi connectivity index (χ3v) is 2.91. The fourth-order valence-corrected chi connectivity index (χ4v) is 1.89. The third kappa shape index (κ3) is 4.05. The zero-order valence-electron chi connectivity index (χ0n) is 11.2. The average molecular weight is 297 g/mol. The van der Waals surface area contributed by atoms with Gasteiger partial charge < -0.3 is 15.2 Å². The Morgan fingerprint density at radius 1 is 1.14 bits per heavy atom. The van der Waals surface area contributed by atoms with Crippen LogP contribution in [0.15, 0.2) is 42.5 Å². The molecule has 0 saturated carbocycles. The Bertz CT molecular complexity index is 620. The maximum absolute atomic E-state index is 13.2. The zero-order chi connectivity index (χ0) is 15.4. The van der Waals surface area contributed by atoms with Crippen LogP contribution in [-0.2, 0) is 0 Å². The van der Waals surface area contributed by atoms with Crippen molar-refractivity contribution in [2.24, 2.45) is 0 Å². The van der Waals surface area contributed by atoms with Crippen LogP contribution in [0.2, 0.25) is 0 Å². The largest absolute Gasteiger partial charge is 0.505 e. The van der Waals surface area contributed by atoms with Crippen LogP contribution in [0.4, 0.5) is 18.9 Å². The normalized spacial score (nSPS) is 12.2. The summed E-state index contributed by atoms with van der Waals surface area (Å²) in [5, 5.41) is 12.1. The summed E-state index contributed by atoms with van der Waals surface area (Å²) >= 11 is 0. The summed E-state index contributed by atoms with van der Waals surface area (Å²) in [6, 6.07) is 9.93. The van der Waals surface area contributed by atoms with Crippen molar-refractivity contribution in [2.75, 3.05) is 5.32 Å². The van der Waals surface area contributed by atoms with Crippen molar-refractivity contribution < 1.29 is 23.0 Å². The Hall–Kier alpha value is -2.37. The number of benzene rings is 2. The standard InChI is InChI=1S/C15H14F3NO2/c1-9(19-11-5-6-14(20)13(16)8-11)10-3-2-4-12(7-10)21-15(17)18/h2-9,15,19-20H,1H3. The van der Waals surface area contributed by atoms with E-state index in [9.17, 15) is 13.2 Å². The topological polar surface area (TPSA) is 41.5 Å². The van der Waals surface area contributed by atoms with Crippen molar-refractivity contribution >= 4 is 5.69 Å². The number of phenols is 1. The van der Waals surface area contributed by atoms with E-state index in [1.165, 1.54) is 24.3 Å². The summed E-state index contributed by atoms with van der Waals surface area (Å²) in [4.78, 5) is 0. The van der Waals surface area contributed by atoms with E-state index in [0.717, 1.165) is 6.07 Å². The highest BCUT2D eigenvalue weighted by Gasteiger charge is 2.10. The molecule has 0 aromatic heterocycles. The first-order valence-electron chi connectivity index (χ1n) is 6.25. The molecule has 3 nitrogen and oxygen atoms in total. The summed E-state index contributed by atoms with van der Waals surface area (Å²) in [6.07, 6.45) is 0. The minimum Gasteiger partial charge on any atom is -0.505 e. The molecular formula is C15H14F3NO2. The summed E-state index contributed by atoms with van der Waals surface area (Å²) in [6.45, 7) is -1.08. The molecule has 1 unspecified atom stereocenters. The lowest BCUT2D eigenvalue weighted by Crippen LogP contribution is -2.08. The van der Waals surface area contributed by atoms with Gasteiger partial charge in [-0.25, -0.2) is 4.39 Å². The summed E-state index contributed by atoms with van der Waals surface area (Å²) in [5.74, 6) is -1.10. The third-order valence-electron chi connectivity index (χ3n) is 2.91. The molecule has 21 heavy (non-hydrogen) atoms. The molecule has 1 atom stereocenters. The number of halogens is 3. The molecule has 2 aromatic carbocycles. The van der Waals surface area contributed by atoms with E-state index in [1.54, 1.807) is 19.1 Å². The van der Waals surface area contributed by atoms with E-state index in [1.807, 2.05) is 0 Å². The predicted molar refractivity (Wildman–Crippen MR) is 73.2 cm³/mol. The van der Waals surface area contributed by atoms with Crippen molar-refractivity contribution in [2.45, 2.75) is 19.6 Å². The first-order valence-corrected chi connectivity index (χ1v) is 6.25. The van der Waals surface area contributed by atoms with Crippen molar-refractivity contribution in [1.29, 1.82) is 0 Å².